The number of anilines is 1. The highest BCUT2D eigenvalue weighted by molar-refractivity contribution is 7.92. The Morgan fingerprint density at radius 2 is 1.74 bits per heavy atom. The molecule has 3 rings (SSSR count). The summed E-state index contributed by atoms with van der Waals surface area (Å²) < 4.78 is 27.4. The molecule has 0 spiro atoms. The maximum Gasteiger partial charge on any atom is 0.261 e. The van der Waals surface area contributed by atoms with Gasteiger partial charge in [0, 0.05) is 17.0 Å². The topological polar surface area (TPSA) is 75.3 Å². The number of para-hydroxylation sites is 1. The van der Waals surface area contributed by atoms with Crippen LogP contribution in [0.15, 0.2) is 70.9 Å². The largest absolute Gasteiger partial charge is 0.352 e. The summed E-state index contributed by atoms with van der Waals surface area (Å²) >= 11 is 7.63. The van der Waals surface area contributed by atoms with Gasteiger partial charge < -0.3 is 5.32 Å². The van der Waals surface area contributed by atoms with Crippen molar-refractivity contribution in [2.45, 2.75) is 11.3 Å². The lowest BCUT2D eigenvalue weighted by Gasteiger charge is -2.10. The van der Waals surface area contributed by atoms with Crippen molar-refractivity contribution in [2.75, 3.05) is 11.3 Å². The number of sulfonamides is 1. The first kappa shape index (κ1) is 19.4. The minimum Gasteiger partial charge on any atom is -0.352 e. The summed E-state index contributed by atoms with van der Waals surface area (Å²) in [5.74, 6) is -0.241. The summed E-state index contributed by atoms with van der Waals surface area (Å²) in [5.41, 5.74) is 0.701. The van der Waals surface area contributed by atoms with Crippen LogP contribution in [-0.4, -0.2) is 20.9 Å². The van der Waals surface area contributed by atoms with E-state index in [1.54, 1.807) is 35.6 Å². The summed E-state index contributed by atoms with van der Waals surface area (Å²) in [4.78, 5) is 13.4. The predicted molar refractivity (Wildman–Crippen MR) is 109 cm³/mol. The van der Waals surface area contributed by atoms with E-state index >= 15 is 0 Å². The van der Waals surface area contributed by atoms with Gasteiger partial charge in [0.1, 0.15) is 0 Å². The van der Waals surface area contributed by atoms with Gasteiger partial charge in [-0.1, -0.05) is 29.8 Å². The van der Waals surface area contributed by atoms with Gasteiger partial charge >= 0.3 is 0 Å². The van der Waals surface area contributed by atoms with Crippen molar-refractivity contribution >= 4 is 44.6 Å². The molecule has 0 aliphatic heterocycles. The molecule has 0 atom stereocenters. The molecule has 5 nitrogen and oxygen atoms in total. The lowest BCUT2D eigenvalue weighted by atomic mass is 10.2. The first-order valence-corrected chi connectivity index (χ1v) is 10.9. The summed E-state index contributed by atoms with van der Waals surface area (Å²) in [7, 11) is -3.79. The minimum atomic E-state index is -3.79. The van der Waals surface area contributed by atoms with Crippen LogP contribution < -0.4 is 10.0 Å². The molecule has 0 saturated carbocycles. The molecule has 0 radical (unpaired) electrons. The molecule has 0 saturated heterocycles. The van der Waals surface area contributed by atoms with Crippen LogP contribution in [0.25, 0.3) is 0 Å². The predicted octanol–water partition coefficient (Wildman–Crippen LogP) is 4.17. The van der Waals surface area contributed by atoms with Gasteiger partial charge in [-0.05, 0) is 54.3 Å². The molecule has 1 aromatic heterocycles. The van der Waals surface area contributed by atoms with Crippen molar-refractivity contribution in [3.63, 3.8) is 0 Å². The van der Waals surface area contributed by atoms with Crippen molar-refractivity contribution < 1.29 is 13.2 Å². The lowest BCUT2D eigenvalue weighted by molar-refractivity contribution is 0.0954. The number of thiophene rings is 1. The molecule has 140 valence electrons. The molecule has 0 aliphatic rings. The number of benzene rings is 2. The Hall–Kier alpha value is -2.35. The zero-order valence-corrected chi connectivity index (χ0v) is 16.6. The zero-order valence-electron chi connectivity index (χ0n) is 14.2. The number of rotatable bonds is 7. The fraction of sp³-hybridized carbons (Fsp3) is 0.105. The van der Waals surface area contributed by atoms with Crippen LogP contribution in [0.3, 0.4) is 0 Å². The highest BCUT2D eigenvalue weighted by atomic mass is 35.5. The fourth-order valence-corrected chi connectivity index (χ4v) is 4.42. The summed E-state index contributed by atoms with van der Waals surface area (Å²) in [6.45, 7) is 0.521. The average molecular weight is 421 g/mol. The SMILES string of the molecule is O=C(NCCc1cccs1)c1ccc(S(=O)(=O)Nc2ccccc2Cl)cc1. The number of carbonyl (C=O) groups excluding carboxylic acids is 1. The summed E-state index contributed by atoms with van der Waals surface area (Å²) in [6, 6.07) is 16.3. The molecule has 2 aromatic carbocycles. The Morgan fingerprint density at radius 3 is 2.41 bits per heavy atom. The van der Waals surface area contributed by atoms with Crippen LogP contribution in [0.4, 0.5) is 5.69 Å². The zero-order chi connectivity index (χ0) is 19.3. The molecular weight excluding hydrogens is 404 g/mol. The molecule has 1 heterocycles. The van der Waals surface area contributed by atoms with Gasteiger partial charge in [-0.3, -0.25) is 9.52 Å². The van der Waals surface area contributed by atoms with Crippen molar-refractivity contribution in [2.24, 2.45) is 0 Å². The van der Waals surface area contributed by atoms with Crippen molar-refractivity contribution in [1.82, 2.24) is 5.32 Å². The van der Waals surface area contributed by atoms with Gasteiger partial charge in [0.25, 0.3) is 15.9 Å². The quantitative estimate of drug-likeness (QED) is 0.602. The Kier molecular flexibility index (Phi) is 6.15. The standard InChI is InChI=1S/C19H17ClN2O3S2/c20-17-5-1-2-6-18(17)22-27(24,25)16-9-7-14(8-10-16)19(23)21-12-11-15-4-3-13-26-15/h1-10,13,22H,11-12H2,(H,21,23). The van der Waals surface area contributed by atoms with E-state index in [2.05, 4.69) is 10.0 Å². The Morgan fingerprint density at radius 1 is 1.00 bits per heavy atom. The second-order valence-electron chi connectivity index (χ2n) is 5.69. The number of hydrogen-bond acceptors (Lipinski definition) is 4. The summed E-state index contributed by atoms with van der Waals surface area (Å²) in [6.07, 6.45) is 0.762. The van der Waals surface area contributed by atoms with E-state index in [4.69, 9.17) is 11.6 Å². The monoisotopic (exact) mass is 420 g/mol. The van der Waals surface area contributed by atoms with E-state index in [1.807, 2.05) is 17.5 Å². The highest BCUT2D eigenvalue weighted by Crippen LogP contribution is 2.24. The molecule has 0 unspecified atom stereocenters. The number of carbonyl (C=O) groups is 1. The van der Waals surface area contributed by atoms with Crippen molar-refractivity contribution in [3.8, 4) is 0 Å². The van der Waals surface area contributed by atoms with Crippen LogP contribution >= 0.6 is 22.9 Å². The van der Waals surface area contributed by atoms with Gasteiger partial charge in [0.05, 0.1) is 15.6 Å². The molecule has 1 amide bonds. The van der Waals surface area contributed by atoms with E-state index in [0.717, 1.165) is 6.42 Å². The van der Waals surface area contributed by atoms with Crippen molar-refractivity contribution in [1.29, 1.82) is 0 Å². The number of nitrogens with one attached hydrogen (secondary N) is 2. The maximum absolute atomic E-state index is 12.5. The molecule has 8 heteroatoms. The molecule has 0 bridgehead atoms. The fourth-order valence-electron chi connectivity index (χ4n) is 2.39. The van der Waals surface area contributed by atoms with E-state index < -0.39 is 10.0 Å². The van der Waals surface area contributed by atoms with Crippen molar-refractivity contribution in [3.05, 3.63) is 81.5 Å². The molecule has 0 aliphatic carbocycles. The number of amides is 1. The normalized spacial score (nSPS) is 11.1. The second kappa shape index (κ2) is 8.56. The molecular formula is C19H17ClN2O3S2. The molecule has 0 fully saturated rings. The van der Waals surface area contributed by atoms with E-state index in [0.29, 0.717) is 22.8 Å². The minimum absolute atomic E-state index is 0.0533. The van der Waals surface area contributed by atoms with Crippen LogP contribution in [-0.2, 0) is 16.4 Å². The van der Waals surface area contributed by atoms with E-state index in [9.17, 15) is 13.2 Å². The Balaban J connectivity index is 1.63. The molecule has 3 aromatic rings. The van der Waals surface area contributed by atoms with Crippen LogP contribution in [0, 0.1) is 0 Å². The maximum atomic E-state index is 12.5. The first-order chi connectivity index (χ1) is 13.0. The van der Waals surface area contributed by atoms with Gasteiger partial charge in [-0.2, -0.15) is 0 Å². The van der Waals surface area contributed by atoms with E-state index in [-0.39, 0.29) is 10.8 Å². The Labute approximate surface area is 167 Å². The number of halogens is 1. The van der Waals surface area contributed by atoms with Gasteiger partial charge in [0.15, 0.2) is 0 Å². The highest BCUT2D eigenvalue weighted by Gasteiger charge is 2.16. The molecule has 27 heavy (non-hydrogen) atoms. The Bertz CT molecular complexity index is 1020. The second-order valence-corrected chi connectivity index (χ2v) is 8.82. The van der Waals surface area contributed by atoms with Gasteiger partial charge in [-0.15, -0.1) is 11.3 Å². The third-order valence-electron chi connectivity index (χ3n) is 3.78. The van der Waals surface area contributed by atoms with Crippen LogP contribution in [0.2, 0.25) is 5.02 Å². The number of hydrogen-bond donors (Lipinski definition) is 2. The van der Waals surface area contributed by atoms with Crippen LogP contribution in [0.5, 0.6) is 0 Å². The first-order valence-electron chi connectivity index (χ1n) is 8.14. The van der Waals surface area contributed by atoms with Gasteiger partial charge in [-0.25, -0.2) is 8.42 Å². The average Bonchev–Trinajstić information content (AvgIpc) is 3.17. The third-order valence-corrected chi connectivity index (χ3v) is 6.43. The van der Waals surface area contributed by atoms with Gasteiger partial charge in [0.2, 0.25) is 0 Å². The summed E-state index contributed by atoms with van der Waals surface area (Å²) in [5, 5.41) is 5.13. The van der Waals surface area contributed by atoms with Crippen LogP contribution in [0.1, 0.15) is 15.2 Å². The smallest absolute Gasteiger partial charge is 0.261 e. The molecule has 2 N–H and O–H groups in total. The third kappa shape index (κ3) is 5.09. The van der Waals surface area contributed by atoms with E-state index in [1.165, 1.54) is 29.1 Å². The lowest BCUT2D eigenvalue weighted by Crippen LogP contribution is -2.25.